The van der Waals surface area contributed by atoms with Crippen LogP contribution in [0.25, 0.3) is 0 Å². The van der Waals surface area contributed by atoms with Gasteiger partial charge in [0.15, 0.2) is 0 Å². The summed E-state index contributed by atoms with van der Waals surface area (Å²) in [6.07, 6.45) is 13.7. The van der Waals surface area contributed by atoms with E-state index in [1.165, 1.54) is 57.8 Å². The summed E-state index contributed by atoms with van der Waals surface area (Å²) >= 11 is 0. The van der Waals surface area contributed by atoms with Crippen molar-refractivity contribution in [3.63, 3.8) is 0 Å². The summed E-state index contributed by atoms with van der Waals surface area (Å²) in [6.45, 7) is 6.90. The third-order valence-electron chi connectivity index (χ3n) is 5.53. The van der Waals surface area contributed by atoms with Crippen molar-refractivity contribution in [2.45, 2.75) is 91.4 Å². The van der Waals surface area contributed by atoms with Gasteiger partial charge in [-0.05, 0) is 19.3 Å². The second kappa shape index (κ2) is 12.8. The van der Waals surface area contributed by atoms with E-state index in [4.69, 9.17) is 18.3 Å². The van der Waals surface area contributed by atoms with Crippen molar-refractivity contribution in [3.05, 3.63) is 11.3 Å². The lowest BCUT2D eigenvalue weighted by Gasteiger charge is -2.17. The molecule has 0 aromatic rings. The van der Waals surface area contributed by atoms with Gasteiger partial charge in [0.25, 0.3) is 0 Å². The smallest absolute Gasteiger partial charge is 0.461 e. The highest BCUT2D eigenvalue weighted by Crippen LogP contribution is 2.54. The maximum atomic E-state index is 12.7. The van der Waals surface area contributed by atoms with E-state index in [9.17, 15) is 9.36 Å². The van der Waals surface area contributed by atoms with E-state index in [2.05, 4.69) is 13.8 Å². The van der Waals surface area contributed by atoms with Gasteiger partial charge in [0.05, 0.1) is 24.7 Å². The SMILES string of the molecule is CC1=C2C(=O)OC[C@@H]2CO[P@@](=O)(OCCCCCCCCCCCCC(C)C)O1. The number of esters is 1. The number of carbonyl (C=O) groups excluding carboxylic acids is 1. The second-order valence-corrected chi connectivity index (χ2v) is 10.2. The van der Waals surface area contributed by atoms with Crippen LogP contribution in [0, 0.1) is 11.8 Å². The summed E-state index contributed by atoms with van der Waals surface area (Å²) in [5, 5.41) is 0. The molecule has 0 unspecified atom stereocenters. The fourth-order valence-corrected chi connectivity index (χ4v) is 5.13. The molecule has 0 aliphatic carbocycles. The lowest BCUT2D eigenvalue weighted by molar-refractivity contribution is -0.135. The number of rotatable bonds is 14. The molecule has 0 bridgehead atoms. The molecule has 6 nitrogen and oxygen atoms in total. The van der Waals surface area contributed by atoms with Gasteiger partial charge in [-0.2, -0.15) is 0 Å². The molecule has 2 aliphatic rings. The summed E-state index contributed by atoms with van der Waals surface area (Å²) < 4.78 is 33.9. The molecule has 0 radical (unpaired) electrons. The fraction of sp³-hybridized carbons (Fsp3) is 0.864. The molecular formula is C22H39O6P. The quantitative estimate of drug-likeness (QED) is 0.177. The molecule has 29 heavy (non-hydrogen) atoms. The molecule has 2 atom stereocenters. The molecule has 2 heterocycles. The van der Waals surface area contributed by atoms with Crippen LogP contribution in [0.2, 0.25) is 0 Å². The maximum absolute atomic E-state index is 12.7. The van der Waals surface area contributed by atoms with Crippen molar-refractivity contribution >= 4 is 13.8 Å². The molecule has 168 valence electrons. The number of cyclic esters (lactones) is 1. The summed E-state index contributed by atoms with van der Waals surface area (Å²) in [5.74, 6) is 0.484. The van der Waals surface area contributed by atoms with Crippen LogP contribution in [-0.2, 0) is 27.7 Å². The van der Waals surface area contributed by atoms with Crippen LogP contribution in [0.3, 0.4) is 0 Å². The zero-order valence-corrected chi connectivity index (χ0v) is 19.3. The molecule has 0 aromatic heterocycles. The molecule has 0 saturated carbocycles. The third kappa shape index (κ3) is 8.82. The Balaban J connectivity index is 1.48. The van der Waals surface area contributed by atoms with Crippen molar-refractivity contribution in [2.24, 2.45) is 11.8 Å². The fourth-order valence-electron chi connectivity index (χ4n) is 3.80. The van der Waals surface area contributed by atoms with Gasteiger partial charge in [0, 0.05) is 0 Å². The number of phosphoric acid groups is 1. The number of carbonyl (C=O) groups is 1. The lowest BCUT2D eigenvalue weighted by Crippen LogP contribution is -2.10. The molecule has 0 N–H and O–H groups in total. The van der Waals surface area contributed by atoms with Crippen molar-refractivity contribution in [1.82, 2.24) is 0 Å². The van der Waals surface area contributed by atoms with E-state index in [1.807, 2.05) is 0 Å². The van der Waals surface area contributed by atoms with Gasteiger partial charge in [-0.1, -0.05) is 78.1 Å². The minimum atomic E-state index is -3.65. The van der Waals surface area contributed by atoms with Gasteiger partial charge in [0.1, 0.15) is 12.4 Å². The Labute approximate surface area is 176 Å². The predicted octanol–water partition coefficient (Wildman–Crippen LogP) is 6.55. The lowest BCUT2D eigenvalue weighted by atomic mass is 10.0. The van der Waals surface area contributed by atoms with Crippen molar-refractivity contribution in [1.29, 1.82) is 0 Å². The van der Waals surface area contributed by atoms with E-state index < -0.39 is 13.8 Å². The van der Waals surface area contributed by atoms with Crippen molar-refractivity contribution in [3.8, 4) is 0 Å². The number of hydrogen-bond donors (Lipinski definition) is 0. The minimum Gasteiger partial charge on any atom is -0.461 e. The zero-order valence-electron chi connectivity index (χ0n) is 18.5. The number of phosphoric ester groups is 1. The van der Waals surface area contributed by atoms with Gasteiger partial charge in [-0.15, -0.1) is 0 Å². The Hall–Kier alpha value is -0.840. The summed E-state index contributed by atoms with van der Waals surface area (Å²) in [7, 11) is -3.65. The first-order valence-corrected chi connectivity index (χ1v) is 12.8. The topological polar surface area (TPSA) is 71.1 Å². The third-order valence-corrected chi connectivity index (χ3v) is 6.99. The van der Waals surface area contributed by atoms with Gasteiger partial charge < -0.3 is 9.26 Å². The minimum absolute atomic E-state index is 0.118. The van der Waals surface area contributed by atoms with Gasteiger partial charge >= 0.3 is 13.8 Å². The molecular weight excluding hydrogens is 391 g/mol. The van der Waals surface area contributed by atoms with Crippen LogP contribution in [0.15, 0.2) is 11.3 Å². The summed E-state index contributed by atoms with van der Waals surface area (Å²) in [6, 6.07) is 0. The van der Waals surface area contributed by atoms with Crippen molar-refractivity contribution in [2.75, 3.05) is 19.8 Å². The zero-order chi connectivity index (χ0) is 21.1. The second-order valence-electron chi connectivity index (χ2n) is 8.65. The standard InChI is InChI=1S/C22H39O6P/c1-18(2)14-12-10-8-6-4-5-7-9-11-13-15-26-29(24)27-17-20-16-25-22(23)21(20)19(3)28-29/h18,20H,4-17H2,1-3H3/t20-,29-/m1/s1. The van der Waals surface area contributed by atoms with Gasteiger partial charge in [-0.3, -0.25) is 9.05 Å². The number of allylic oxidation sites excluding steroid dienone is 1. The van der Waals surface area contributed by atoms with Crippen LogP contribution in [-0.4, -0.2) is 25.8 Å². The molecule has 2 rings (SSSR count). The van der Waals surface area contributed by atoms with Crippen LogP contribution in [0.4, 0.5) is 0 Å². The average Bonchev–Trinajstić information content (AvgIpc) is 2.98. The number of hydrogen-bond acceptors (Lipinski definition) is 6. The number of ether oxygens (including phenoxy) is 1. The highest BCUT2D eigenvalue weighted by Gasteiger charge is 2.42. The first-order chi connectivity index (χ1) is 13.9. The average molecular weight is 431 g/mol. The van der Waals surface area contributed by atoms with E-state index in [-0.39, 0.29) is 19.1 Å². The Morgan fingerprint density at radius 3 is 2.17 bits per heavy atom. The Bertz CT molecular complexity index is 586. The number of unbranched alkanes of at least 4 members (excludes halogenated alkanes) is 9. The van der Waals surface area contributed by atoms with Crippen LogP contribution in [0.5, 0.6) is 0 Å². The Morgan fingerprint density at radius 2 is 1.55 bits per heavy atom. The molecule has 1 fully saturated rings. The van der Waals surface area contributed by atoms with Crippen LogP contribution >= 0.6 is 7.82 Å². The first kappa shape index (κ1) is 24.4. The molecule has 0 amide bonds. The first-order valence-electron chi connectivity index (χ1n) is 11.4. The predicted molar refractivity (Wildman–Crippen MR) is 113 cm³/mol. The summed E-state index contributed by atoms with van der Waals surface area (Å²) in [4.78, 5) is 11.7. The van der Waals surface area contributed by atoms with E-state index in [0.29, 0.717) is 17.9 Å². The molecule has 1 saturated heterocycles. The Kier molecular flexibility index (Phi) is 10.8. The van der Waals surface area contributed by atoms with Crippen molar-refractivity contribution < 1.29 is 27.7 Å². The highest BCUT2D eigenvalue weighted by molar-refractivity contribution is 7.48. The molecule has 0 aromatic carbocycles. The monoisotopic (exact) mass is 430 g/mol. The number of fused-ring (bicyclic) bond motifs is 1. The van der Waals surface area contributed by atoms with Crippen LogP contribution < -0.4 is 0 Å². The molecule has 2 aliphatic heterocycles. The normalized spacial score (nSPS) is 24.4. The molecule has 0 spiro atoms. The van der Waals surface area contributed by atoms with E-state index in [1.54, 1.807) is 6.92 Å². The van der Waals surface area contributed by atoms with Gasteiger partial charge in [0.2, 0.25) is 0 Å². The maximum Gasteiger partial charge on any atom is 0.529 e. The molecule has 7 heteroatoms. The Morgan fingerprint density at radius 1 is 0.966 bits per heavy atom. The van der Waals surface area contributed by atoms with E-state index in [0.717, 1.165) is 18.8 Å². The largest absolute Gasteiger partial charge is 0.529 e. The van der Waals surface area contributed by atoms with Gasteiger partial charge in [-0.25, -0.2) is 9.36 Å². The summed E-state index contributed by atoms with van der Waals surface area (Å²) in [5.41, 5.74) is 0.422. The van der Waals surface area contributed by atoms with Crippen LogP contribution in [0.1, 0.15) is 91.4 Å². The van der Waals surface area contributed by atoms with E-state index >= 15 is 0 Å². The highest BCUT2D eigenvalue weighted by atomic mass is 31.2.